The van der Waals surface area contributed by atoms with Crippen molar-refractivity contribution in [3.63, 3.8) is 0 Å². The molecule has 1 aromatic rings. The Kier molecular flexibility index (Phi) is 5.78. The van der Waals surface area contributed by atoms with E-state index in [0.29, 0.717) is 17.2 Å². The number of nitrogens with zero attached hydrogens (tertiary/aromatic N) is 1. The topological polar surface area (TPSA) is 57.6 Å². The lowest BCUT2D eigenvalue weighted by atomic mass is 10.4. The molecule has 0 radical (unpaired) electrons. The van der Waals surface area contributed by atoms with Crippen molar-refractivity contribution in [1.29, 1.82) is 0 Å². The second kappa shape index (κ2) is 6.65. The predicted octanol–water partition coefficient (Wildman–Crippen LogP) is 2.09. The summed E-state index contributed by atoms with van der Waals surface area (Å²) in [6.45, 7) is 6.32. The maximum Gasteiger partial charge on any atom is 0.252 e. The first kappa shape index (κ1) is 15.6. The Morgan fingerprint density at radius 1 is 1.39 bits per heavy atom. The maximum absolute atomic E-state index is 12.5. The van der Waals surface area contributed by atoms with Gasteiger partial charge >= 0.3 is 0 Å². The van der Waals surface area contributed by atoms with Crippen molar-refractivity contribution < 1.29 is 13.5 Å². The molecule has 18 heavy (non-hydrogen) atoms. The first-order chi connectivity index (χ1) is 8.43. The van der Waals surface area contributed by atoms with Crippen LogP contribution in [0.3, 0.4) is 0 Å². The van der Waals surface area contributed by atoms with E-state index in [1.54, 1.807) is 12.1 Å². The van der Waals surface area contributed by atoms with E-state index in [0.717, 1.165) is 11.3 Å². The average molecular weight is 291 g/mol. The number of hydrogen-bond donors (Lipinski definition) is 1. The third-order valence-electron chi connectivity index (χ3n) is 2.58. The minimum atomic E-state index is -3.39. The Balaban J connectivity index is 3.02. The van der Waals surface area contributed by atoms with Crippen molar-refractivity contribution in [2.24, 2.45) is 0 Å². The summed E-state index contributed by atoms with van der Waals surface area (Å²) in [6, 6.07) is 3.37. The number of aliphatic hydroxyl groups is 1. The van der Waals surface area contributed by atoms with Gasteiger partial charge in [0, 0.05) is 30.5 Å². The van der Waals surface area contributed by atoms with Crippen LogP contribution in [-0.2, 0) is 16.4 Å². The molecule has 4 nitrogen and oxygen atoms in total. The molecule has 0 aliphatic rings. The number of sulfonamides is 1. The fraction of sp³-hybridized carbons (Fsp3) is 0.667. The fourth-order valence-electron chi connectivity index (χ4n) is 1.73. The van der Waals surface area contributed by atoms with Crippen molar-refractivity contribution in [2.45, 2.75) is 43.9 Å². The van der Waals surface area contributed by atoms with Gasteiger partial charge in [-0.1, -0.05) is 6.92 Å². The normalized spacial score (nSPS) is 12.6. The van der Waals surface area contributed by atoms with Crippen molar-refractivity contribution in [3.05, 3.63) is 17.0 Å². The molecule has 1 N–H and O–H groups in total. The van der Waals surface area contributed by atoms with E-state index < -0.39 is 10.0 Å². The molecule has 0 saturated heterocycles. The number of thiophene rings is 1. The Morgan fingerprint density at radius 3 is 2.56 bits per heavy atom. The first-order valence-electron chi connectivity index (χ1n) is 6.14. The summed E-state index contributed by atoms with van der Waals surface area (Å²) in [4.78, 5) is 0.899. The smallest absolute Gasteiger partial charge is 0.252 e. The van der Waals surface area contributed by atoms with E-state index in [1.807, 2.05) is 20.8 Å². The maximum atomic E-state index is 12.5. The Hall–Kier alpha value is -0.430. The second-order valence-corrected chi connectivity index (χ2v) is 7.69. The van der Waals surface area contributed by atoms with Crippen LogP contribution in [0, 0.1) is 0 Å². The summed E-state index contributed by atoms with van der Waals surface area (Å²) in [5.74, 6) is 0. The SMILES string of the molecule is CCCN(C(C)C)S(=O)(=O)c1ccc(CCO)s1. The Bertz CT molecular complexity index is 465. The zero-order valence-electron chi connectivity index (χ0n) is 11.1. The lowest BCUT2D eigenvalue weighted by Crippen LogP contribution is -2.37. The molecule has 0 amide bonds. The zero-order chi connectivity index (χ0) is 13.8. The summed E-state index contributed by atoms with van der Waals surface area (Å²) in [5.41, 5.74) is 0. The van der Waals surface area contributed by atoms with Crippen LogP contribution in [0.2, 0.25) is 0 Å². The molecule has 1 heterocycles. The predicted molar refractivity (Wildman–Crippen MR) is 74.4 cm³/mol. The minimum Gasteiger partial charge on any atom is -0.396 e. The highest BCUT2D eigenvalue weighted by molar-refractivity contribution is 7.91. The third kappa shape index (κ3) is 3.54. The summed E-state index contributed by atoms with van der Waals surface area (Å²) in [5, 5.41) is 8.86. The van der Waals surface area contributed by atoms with Gasteiger partial charge in [0.2, 0.25) is 0 Å². The number of aliphatic hydroxyl groups excluding tert-OH is 1. The van der Waals surface area contributed by atoms with Gasteiger partial charge < -0.3 is 5.11 Å². The van der Waals surface area contributed by atoms with Crippen molar-refractivity contribution in [2.75, 3.05) is 13.2 Å². The Morgan fingerprint density at radius 2 is 2.06 bits per heavy atom. The second-order valence-electron chi connectivity index (χ2n) is 4.40. The van der Waals surface area contributed by atoms with Crippen LogP contribution < -0.4 is 0 Å². The molecular weight excluding hydrogens is 270 g/mol. The van der Waals surface area contributed by atoms with Gasteiger partial charge in [-0.05, 0) is 32.4 Å². The van der Waals surface area contributed by atoms with Crippen LogP contribution in [-0.4, -0.2) is 37.0 Å². The molecule has 104 valence electrons. The van der Waals surface area contributed by atoms with E-state index in [-0.39, 0.29) is 12.6 Å². The molecule has 0 saturated carbocycles. The van der Waals surface area contributed by atoms with Crippen molar-refractivity contribution in [3.8, 4) is 0 Å². The van der Waals surface area contributed by atoms with Gasteiger partial charge in [0.15, 0.2) is 0 Å². The highest BCUT2D eigenvalue weighted by atomic mass is 32.2. The molecule has 0 unspecified atom stereocenters. The van der Waals surface area contributed by atoms with Crippen molar-refractivity contribution >= 4 is 21.4 Å². The van der Waals surface area contributed by atoms with Crippen LogP contribution in [0.25, 0.3) is 0 Å². The third-order valence-corrected chi connectivity index (χ3v) is 6.27. The summed E-state index contributed by atoms with van der Waals surface area (Å²) in [6.07, 6.45) is 1.31. The van der Waals surface area contributed by atoms with Crippen LogP contribution in [0.15, 0.2) is 16.3 Å². The molecule has 6 heteroatoms. The summed E-state index contributed by atoms with van der Waals surface area (Å²) >= 11 is 1.25. The summed E-state index contributed by atoms with van der Waals surface area (Å²) < 4.78 is 26.8. The van der Waals surface area contributed by atoms with Crippen LogP contribution in [0.1, 0.15) is 32.1 Å². The molecule has 0 aromatic carbocycles. The molecule has 1 rings (SSSR count). The van der Waals surface area contributed by atoms with Gasteiger partial charge in [0.1, 0.15) is 4.21 Å². The fourth-order valence-corrected chi connectivity index (χ4v) is 4.94. The average Bonchev–Trinajstić information content (AvgIpc) is 2.75. The lowest BCUT2D eigenvalue weighted by molar-refractivity contribution is 0.300. The number of rotatable bonds is 7. The van der Waals surface area contributed by atoms with Gasteiger partial charge in [0.05, 0.1) is 0 Å². The molecule has 0 fully saturated rings. The molecular formula is C12H21NO3S2. The van der Waals surface area contributed by atoms with E-state index in [2.05, 4.69) is 0 Å². The largest absolute Gasteiger partial charge is 0.396 e. The van der Waals surface area contributed by atoms with Gasteiger partial charge in [-0.3, -0.25) is 0 Å². The molecule has 0 aliphatic carbocycles. The zero-order valence-corrected chi connectivity index (χ0v) is 12.7. The molecule has 0 bridgehead atoms. The monoisotopic (exact) mass is 291 g/mol. The van der Waals surface area contributed by atoms with Crippen LogP contribution in [0.4, 0.5) is 0 Å². The van der Waals surface area contributed by atoms with E-state index >= 15 is 0 Å². The standard InChI is InChI=1S/C12H21NO3S2/c1-4-8-13(10(2)3)18(15,16)12-6-5-11(17-12)7-9-14/h5-6,10,14H,4,7-9H2,1-3H3. The molecule has 0 spiro atoms. The lowest BCUT2D eigenvalue weighted by Gasteiger charge is -2.24. The van der Waals surface area contributed by atoms with Crippen LogP contribution in [0.5, 0.6) is 0 Å². The van der Waals surface area contributed by atoms with Crippen molar-refractivity contribution in [1.82, 2.24) is 4.31 Å². The first-order valence-corrected chi connectivity index (χ1v) is 8.40. The van der Waals surface area contributed by atoms with Gasteiger partial charge in [0.25, 0.3) is 10.0 Å². The molecule has 0 aliphatic heterocycles. The van der Waals surface area contributed by atoms with Gasteiger partial charge in [-0.2, -0.15) is 4.31 Å². The van der Waals surface area contributed by atoms with Gasteiger partial charge in [-0.15, -0.1) is 11.3 Å². The van der Waals surface area contributed by atoms with Gasteiger partial charge in [-0.25, -0.2) is 8.42 Å². The summed E-state index contributed by atoms with van der Waals surface area (Å²) in [7, 11) is -3.39. The Labute approximate surface area is 113 Å². The highest BCUT2D eigenvalue weighted by Crippen LogP contribution is 2.26. The highest BCUT2D eigenvalue weighted by Gasteiger charge is 2.27. The van der Waals surface area contributed by atoms with E-state index in [9.17, 15) is 8.42 Å². The van der Waals surface area contributed by atoms with E-state index in [1.165, 1.54) is 15.6 Å². The van der Waals surface area contributed by atoms with E-state index in [4.69, 9.17) is 5.11 Å². The van der Waals surface area contributed by atoms with Crippen LogP contribution >= 0.6 is 11.3 Å². The molecule has 0 atom stereocenters. The quantitative estimate of drug-likeness (QED) is 0.837. The minimum absolute atomic E-state index is 0.0432. The number of hydrogen-bond acceptors (Lipinski definition) is 4. The molecule has 1 aromatic heterocycles.